The summed E-state index contributed by atoms with van der Waals surface area (Å²) in [7, 11) is 3.99. The molecule has 0 fully saturated rings. The number of terminal acetylenes is 1. The molecule has 2 N–H and O–H groups in total. The van der Waals surface area contributed by atoms with Crippen LogP contribution in [-0.4, -0.2) is 42.8 Å². The highest BCUT2D eigenvalue weighted by Crippen LogP contribution is 2.15. The van der Waals surface area contributed by atoms with E-state index in [2.05, 4.69) is 21.5 Å². The van der Waals surface area contributed by atoms with E-state index in [1.165, 1.54) is 0 Å². The maximum atomic E-state index is 10.6. The Labute approximate surface area is 147 Å². The summed E-state index contributed by atoms with van der Waals surface area (Å²) in [5.41, 5.74) is 0. The van der Waals surface area contributed by atoms with Crippen molar-refractivity contribution in [1.29, 1.82) is 0 Å². The number of hydrogen-bond acceptors (Lipinski definition) is 7. The zero-order chi connectivity index (χ0) is 17.8. The van der Waals surface area contributed by atoms with E-state index in [1.807, 2.05) is 26.2 Å². The average Bonchev–Trinajstić information content (AvgIpc) is 2.93. The summed E-state index contributed by atoms with van der Waals surface area (Å²) in [5.74, 6) is 6.31. The highest BCUT2D eigenvalue weighted by Gasteiger charge is 2.04. The summed E-state index contributed by atoms with van der Waals surface area (Å²) in [6, 6.07) is 3.97. The zero-order valence-corrected chi connectivity index (χ0v) is 14.9. The van der Waals surface area contributed by atoms with Gasteiger partial charge in [-0.15, -0.1) is 12.3 Å². The van der Waals surface area contributed by atoms with Crippen LogP contribution >= 0.6 is 11.8 Å². The molecule has 0 spiro atoms. The van der Waals surface area contributed by atoms with E-state index in [-0.39, 0.29) is 0 Å². The molecule has 1 rings (SSSR count). The fourth-order valence-electron chi connectivity index (χ4n) is 1.86. The lowest BCUT2D eigenvalue weighted by Gasteiger charge is -2.10. The van der Waals surface area contributed by atoms with Crippen LogP contribution in [0.2, 0.25) is 0 Å². The third-order valence-electron chi connectivity index (χ3n) is 2.81. The van der Waals surface area contributed by atoms with Gasteiger partial charge in [0.2, 0.25) is 0 Å². The van der Waals surface area contributed by atoms with Crippen LogP contribution in [0.3, 0.4) is 0 Å². The van der Waals surface area contributed by atoms with Crippen LogP contribution in [-0.2, 0) is 12.3 Å². The second-order valence-electron chi connectivity index (χ2n) is 5.29. The quantitative estimate of drug-likeness (QED) is 0.257. The molecular formula is C16H24N4O3S. The van der Waals surface area contributed by atoms with Crippen molar-refractivity contribution in [3.63, 3.8) is 0 Å². The first-order chi connectivity index (χ1) is 11.5. The van der Waals surface area contributed by atoms with E-state index >= 15 is 0 Å². The molecule has 0 radical (unpaired) electrons. The SMILES string of the molecule is C#CCCN/C(=C/[N+](=O)[O-])NCCSCc1ccc(CN(C)C)o1. The number of furan rings is 1. The standard InChI is InChI=1S/C16H24N4O3S/c1-4-5-8-17-16(12-20(21)22)18-9-10-24-13-15-7-6-14(23-15)11-19(2)3/h1,6-7,12,17-18H,5,8-11,13H2,2-3H3/b16-12-. The topological polar surface area (TPSA) is 83.6 Å². The maximum Gasteiger partial charge on any atom is 0.274 e. The first-order valence-corrected chi connectivity index (χ1v) is 8.73. The van der Waals surface area contributed by atoms with Gasteiger partial charge in [-0.3, -0.25) is 10.1 Å². The van der Waals surface area contributed by atoms with Gasteiger partial charge in [0.25, 0.3) is 6.20 Å². The Bertz CT molecular complexity index is 578. The molecule has 0 aliphatic rings. The molecule has 1 aromatic heterocycles. The van der Waals surface area contributed by atoms with Gasteiger partial charge >= 0.3 is 0 Å². The van der Waals surface area contributed by atoms with Crippen LogP contribution in [0.15, 0.2) is 28.6 Å². The number of thioether (sulfide) groups is 1. The van der Waals surface area contributed by atoms with Gasteiger partial charge in [-0.05, 0) is 26.2 Å². The average molecular weight is 352 g/mol. The van der Waals surface area contributed by atoms with Crippen LogP contribution in [0.4, 0.5) is 0 Å². The predicted octanol–water partition coefficient (Wildman–Crippen LogP) is 1.85. The Kier molecular flexibility index (Phi) is 9.49. The fraction of sp³-hybridized carbons (Fsp3) is 0.500. The molecule has 7 nitrogen and oxygen atoms in total. The largest absolute Gasteiger partial charge is 0.464 e. The lowest BCUT2D eigenvalue weighted by atomic mass is 10.4. The summed E-state index contributed by atoms with van der Waals surface area (Å²) < 4.78 is 5.73. The minimum atomic E-state index is -0.493. The van der Waals surface area contributed by atoms with Gasteiger partial charge in [0.15, 0.2) is 5.82 Å². The summed E-state index contributed by atoms with van der Waals surface area (Å²) in [5, 5.41) is 16.5. The molecule has 0 aliphatic carbocycles. The van der Waals surface area contributed by atoms with Crippen molar-refractivity contribution in [1.82, 2.24) is 15.5 Å². The summed E-state index contributed by atoms with van der Waals surface area (Å²) >= 11 is 1.70. The zero-order valence-electron chi connectivity index (χ0n) is 14.1. The molecule has 8 heteroatoms. The van der Waals surface area contributed by atoms with Crippen molar-refractivity contribution in [3.8, 4) is 12.3 Å². The van der Waals surface area contributed by atoms with Gasteiger partial charge in [0, 0.05) is 25.3 Å². The Hall–Kier alpha value is -2.11. The molecular weight excluding hydrogens is 328 g/mol. The van der Waals surface area contributed by atoms with Gasteiger partial charge in [-0.2, -0.15) is 11.8 Å². The van der Waals surface area contributed by atoms with Crippen molar-refractivity contribution in [3.05, 3.63) is 45.8 Å². The van der Waals surface area contributed by atoms with Gasteiger partial charge in [0.1, 0.15) is 11.5 Å². The Morgan fingerprint density at radius 3 is 2.79 bits per heavy atom. The minimum absolute atomic E-state index is 0.377. The maximum absolute atomic E-state index is 10.6. The van der Waals surface area contributed by atoms with E-state index in [0.717, 1.165) is 35.8 Å². The number of nitrogens with one attached hydrogen (secondary N) is 2. The van der Waals surface area contributed by atoms with Crippen LogP contribution in [0.5, 0.6) is 0 Å². The van der Waals surface area contributed by atoms with Crippen molar-refractivity contribution < 1.29 is 9.34 Å². The third-order valence-corrected chi connectivity index (χ3v) is 3.80. The molecule has 24 heavy (non-hydrogen) atoms. The Balaban J connectivity index is 2.26. The number of rotatable bonds is 12. The molecule has 1 aromatic rings. The fourth-order valence-corrected chi connectivity index (χ4v) is 2.60. The number of hydrogen-bond donors (Lipinski definition) is 2. The molecule has 1 heterocycles. The van der Waals surface area contributed by atoms with E-state index in [9.17, 15) is 10.1 Å². The van der Waals surface area contributed by atoms with Crippen LogP contribution in [0.1, 0.15) is 17.9 Å². The van der Waals surface area contributed by atoms with Crippen LogP contribution < -0.4 is 10.6 Å². The molecule has 132 valence electrons. The summed E-state index contributed by atoms with van der Waals surface area (Å²) in [6.07, 6.45) is 6.59. The highest BCUT2D eigenvalue weighted by molar-refractivity contribution is 7.98. The molecule has 0 amide bonds. The molecule has 0 saturated carbocycles. The van der Waals surface area contributed by atoms with Crippen molar-refractivity contribution in [2.75, 3.05) is 32.9 Å². The third kappa shape index (κ3) is 9.12. The lowest BCUT2D eigenvalue weighted by Crippen LogP contribution is -2.29. The first kappa shape index (κ1) is 19.9. The molecule has 0 saturated heterocycles. The van der Waals surface area contributed by atoms with E-state index in [1.54, 1.807) is 11.8 Å². The second-order valence-corrected chi connectivity index (χ2v) is 6.40. The Morgan fingerprint density at radius 2 is 2.12 bits per heavy atom. The van der Waals surface area contributed by atoms with E-state index < -0.39 is 4.92 Å². The molecule has 0 bridgehead atoms. The van der Waals surface area contributed by atoms with Gasteiger partial charge in [-0.1, -0.05) is 0 Å². The first-order valence-electron chi connectivity index (χ1n) is 7.58. The van der Waals surface area contributed by atoms with E-state index in [4.69, 9.17) is 10.8 Å². The molecule has 0 aliphatic heterocycles. The second kappa shape index (κ2) is 11.4. The van der Waals surface area contributed by atoms with Gasteiger partial charge in [-0.25, -0.2) is 0 Å². The van der Waals surface area contributed by atoms with E-state index in [0.29, 0.717) is 25.3 Å². The molecule has 0 aromatic carbocycles. The van der Waals surface area contributed by atoms with Crippen molar-refractivity contribution >= 4 is 11.8 Å². The number of nitrogens with zero attached hydrogens (tertiary/aromatic N) is 2. The summed E-state index contributed by atoms with van der Waals surface area (Å²) in [6.45, 7) is 1.89. The predicted molar refractivity (Wildman–Crippen MR) is 96.8 cm³/mol. The monoisotopic (exact) mass is 352 g/mol. The normalized spacial score (nSPS) is 11.3. The molecule has 0 unspecified atom stereocenters. The highest BCUT2D eigenvalue weighted by atomic mass is 32.2. The lowest BCUT2D eigenvalue weighted by molar-refractivity contribution is -0.404. The van der Waals surface area contributed by atoms with Crippen molar-refractivity contribution in [2.45, 2.75) is 18.7 Å². The van der Waals surface area contributed by atoms with Crippen LogP contribution in [0.25, 0.3) is 0 Å². The minimum Gasteiger partial charge on any atom is -0.464 e. The molecule has 0 atom stereocenters. The Morgan fingerprint density at radius 1 is 1.42 bits per heavy atom. The van der Waals surface area contributed by atoms with Gasteiger partial charge in [0.05, 0.1) is 17.2 Å². The smallest absolute Gasteiger partial charge is 0.274 e. The van der Waals surface area contributed by atoms with Crippen molar-refractivity contribution in [2.24, 2.45) is 0 Å². The van der Waals surface area contributed by atoms with Crippen LogP contribution in [0, 0.1) is 22.5 Å². The number of nitro groups is 1. The summed E-state index contributed by atoms with van der Waals surface area (Å²) in [4.78, 5) is 12.1. The van der Waals surface area contributed by atoms with Gasteiger partial charge < -0.3 is 20.0 Å².